The van der Waals surface area contributed by atoms with Crippen LogP contribution in [0.1, 0.15) is 23.7 Å². The van der Waals surface area contributed by atoms with Gasteiger partial charge in [-0.1, -0.05) is 17.7 Å². The first-order chi connectivity index (χ1) is 10.7. The molecule has 7 heteroatoms. The average Bonchev–Trinajstić information content (AvgIpc) is 2.71. The van der Waals surface area contributed by atoms with Gasteiger partial charge in [0.1, 0.15) is 5.69 Å². The number of amides is 1. The summed E-state index contributed by atoms with van der Waals surface area (Å²) >= 11 is 6.00. The Morgan fingerprint density at radius 2 is 2.00 bits per heavy atom. The molecule has 2 heterocycles. The largest absolute Gasteiger partial charge is 0.433 e. The summed E-state index contributed by atoms with van der Waals surface area (Å²) in [5, 5.41) is 3.27. The van der Waals surface area contributed by atoms with Gasteiger partial charge in [0.25, 0.3) is 0 Å². The Labute approximate surface area is 135 Å². The van der Waals surface area contributed by atoms with Crippen LogP contribution in [0.3, 0.4) is 0 Å². The van der Waals surface area contributed by atoms with E-state index < -0.39 is 17.3 Å². The van der Waals surface area contributed by atoms with E-state index in [4.69, 9.17) is 11.6 Å². The molecule has 0 saturated heterocycles. The molecule has 120 valence electrons. The molecule has 23 heavy (non-hydrogen) atoms. The Morgan fingerprint density at radius 3 is 2.61 bits per heavy atom. The molecule has 3 nitrogen and oxygen atoms in total. The summed E-state index contributed by atoms with van der Waals surface area (Å²) in [6, 6.07) is 7.35. The number of rotatable bonds is 2. The van der Waals surface area contributed by atoms with Crippen molar-refractivity contribution in [3.05, 3.63) is 58.4 Å². The van der Waals surface area contributed by atoms with Crippen LogP contribution in [-0.2, 0) is 22.8 Å². The Hall–Kier alpha value is -2.08. The monoisotopic (exact) mass is 340 g/mol. The predicted molar refractivity (Wildman–Crippen MR) is 80.4 cm³/mol. The maximum Gasteiger partial charge on any atom is 0.433 e. The molecular weight excluding hydrogens is 329 g/mol. The second-order valence-electron chi connectivity index (χ2n) is 5.70. The molecule has 1 atom stereocenters. The van der Waals surface area contributed by atoms with E-state index in [9.17, 15) is 18.0 Å². The van der Waals surface area contributed by atoms with E-state index in [1.807, 2.05) is 0 Å². The van der Waals surface area contributed by atoms with Crippen molar-refractivity contribution in [1.29, 1.82) is 0 Å². The fourth-order valence-corrected chi connectivity index (χ4v) is 2.92. The molecule has 1 aromatic carbocycles. The molecule has 0 bridgehead atoms. The molecule has 1 aliphatic heterocycles. The SMILES string of the molecule is CC1(Cc2ccc(C(F)(F)F)nc2)C(=O)Nc2ccc(Cl)cc21. The number of fused-ring (bicyclic) bond motifs is 1. The number of carbonyl (C=O) groups excluding carboxylic acids is 1. The minimum Gasteiger partial charge on any atom is -0.325 e. The second-order valence-corrected chi connectivity index (χ2v) is 6.14. The zero-order valence-corrected chi connectivity index (χ0v) is 12.8. The molecule has 1 aromatic heterocycles. The van der Waals surface area contributed by atoms with Crippen molar-refractivity contribution in [1.82, 2.24) is 4.98 Å². The van der Waals surface area contributed by atoms with Crippen LogP contribution in [0.25, 0.3) is 0 Å². The summed E-state index contributed by atoms with van der Waals surface area (Å²) in [5.41, 5.74) is 0.0904. The Kier molecular flexibility index (Phi) is 3.59. The van der Waals surface area contributed by atoms with Crippen LogP contribution >= 0.6 is 11.6 Å². The molecule has 2 aromatic rings. The van der Waals surface area contributed by atoms with Crippen molar-refractivity contribution in [3.8, 4) is 0 Å². The summed E-state index contributed by atoms with van der Waals surface area (Å²) in [6.45, 7) is 1.74. The number of aromatic nitrogens is 1. The third-order valence-electron chi connectivity index (χ3n) is 4.00. The van der Waals surface area contributed by atoms with Gasteiger partial charge in [0, 0.05) is 16.9 Å². The third kappa shape index (κ3) is 2.79. The molecule has 1 N–H and O–H groups in total. The fraction of sp³-hybridized carbons (Fsp3) is 0.250. The highest BCUT2D eigenvalue weighted by molar-refractivity contribution is 6.31. The van der Waals surface area contributed by atoms with E-state index in [1.165, 1.54) is 6.07 Å². The van der Waals surface area contributed by atoms with Crippen molar-refractivity contribution < 1.29 is 18.0 Å². The Morgan fingerprint density at radius 1 is 1.26 bits per heavy atom. The Balaban J connectivity index is 1.93. The van der Waals surface area contributed by atoms with Gasteiger partial charge in [-0.2, -0.15) is 13.2 Å². The summed E-state index contributed by atoms with van der Waals surface area (Å²) in [7, 11) is 0. The highest BCUT2D eigenvalue weighted by Gasteiger charge is 2.43. The lowest BCUT2D eigenvalue weighted by Gasteiger charge is -2.22. The first kappa shape index (κ1) is 15.8. The van der Waals surface area contributed by atoms with Crippen molar-refractivity contribution >= 4 is 23.2 Å². The van der Waals surface area contributed by atoms with Crippen molar-refractivity contribution in [3.63, 3.8) is 0 Å². The molecular formula is C16H12ClF3N2O. The standard InChI is InChI=1S/C16H12ClF3N2O/c1-15(7-9-2-5-13(21-8-9)16(18,19)20)11-6-10(17)3-4-12(11)22-14(15)23/h2-6,8H,7H2,1H3,(H,22,23). The van der Waals surface area contributed by atoms with E-state index in [2.05, 4.69) is 10.3 Å². The molecule has 0 saturated carbocycles. The number of halogens is 4. The first-order valence-electron chi connectivity index (χ1n) is 6.84. The number of hydrogen-bond donors (Lipinski definition) is 1. The van der Waals surface area contributed by atoms with Crippen LogP contribution < -0.4 is 5.32 Å². The smallest absolute Gasteiger partial charge is 0.325 e. The number of alkyl halides is 3. The van der Waals surface area contributed by atoms with E-state index in [1.54, 1.807) is 25.1 Å². The first-order valence-corrected chi connectivity index (χ1v) is 7.21. The minimum absolute atomic E-state index is 0.213. The summed E-state index contributed by atoms with van der Waals surface area (Å²) in [5.74, 6) is -0.213. The van der Waals surface area contributed by atoms with Gasteiger partial charge in [0.2, 0.25) is 5.91 Å². The van der Waals surface area contributed by atoms with Gasteiger partial charge >= 0.3 is 6.18 Å². The predicted octanol–water partition coefficient (Wildman–Crippen LogP) is 4.21. The third-order valence-corrected chi connectivity index (χ3v) is 4.23. The molecule has 0 radical (unpaired) electrons. The van der Waals surface area contributed by atoms with E-state index >= 15 is 0 Å². The second kappa shape index (κ2) is 5.23. The Bertz CT molecular complexity index is 774. The lowest BCUT2D eigenvalue weighted by Crippen LogP contribution is -2.33. The molecule has 0 aliphatic carbocycles. The van der Waals surface area contributed by atoms with Gasteiger partial charge in [-0.05, 0) is 48.7 Å². The summed E-state index contributed by atoms with van der Waals surface area (Å²) < 4.78 is 37.7. The average molecular weight is 341 g/mol. The van der Waals surface area contributed by atoms with Crippen LogP contribution in [0.5, 0.6) is 0 Å². The van der Waals surface area contributed by atoms with Gasteiger partial charge < -0.3 is 5.32 Å². The zero-order valence-electron chi connectivity index (χ0n) is 12.0. The van der Waals surface area contributed by atoms with Gasteiger partial charge in [0.15, 0.2) is 0 Å². The van der Waals surface area contributed by atoms with E-state index in [0.717, 1.165) is 17.8 Å². The number of anilines is 1. The summed E-state index contributed by atoms with van der Waals surface area (Å²) in [4.78, 5) is 15.8. The molecule has 1 aliphatic rings. The number of nitrogens with one attached hydrogen (secondary N) is 1. The van der Waals surface area contributed by atoms with Crippen molar-refractivity contribution in [2.45, 2.75) is 24.9 Å². The fourth-order valence-electron chi connectivity index (χ4n) is 2.75. The van der Waals surface area contributed by atoms with E-state index in [0.29, 0.717) is 16.3 Å². The van der Waals surface area contributed by atoms with Gasteiger partial charge in [-0.25, -0.2) is 0 Å². The maximum atomic E-state index is 12.6. The molecule has 1 unspecified atom stereocenters. The van der Waals surface area contributed by atoms with Crippen LogP contribution in [0.15, 0.2) is 36.5 Å². The van der Waals surface area contributed by atoms with Gasteiger partial charge in [-0.15, -0.1) is 0 Å². The molecule has 3 rings (SSSR count). The lowest BCUT2D eigenvalue weighted by molar-refractivity contribution is -0.141. The van der Waals surface area contributed by atoms with Crippen LogP contribution in [-0.4, -0.2) is 10.9 Å². The topological polar surface area (TPSA) is 42.0 Å². The van der Waals surface area contributed by atoms with Gasteiger partial charge in [-0.3, -0.25) is 9.78 Å². The van der Waals surface area contributed by atoms with Crippen LogP contribution in [0.2, 0.25) is 5.02 Å². The number of carbonyl (C=O) groups is 1. The van der Waals surface area contributed by atoms with Crippen LogP contribution in [0.4, 0.5) is 18.9 Å². The van der Waals surface area contributed by atoms with Crippen LogP contribution in [0, 0.1) is 0 Å². The summed E-state index contributed by atoms with van der Waals surface area (Å²) in [6.07, 6.45) is -3.09. The molecule has 0 spiro atoms. The zero-order chi connectivity index (χ0) is 16.8. The number of nitrogens with zero attached hydrogens (tertiary/aromatic N) is 1. The number of hydrogen-bond acceptors (Lipinski definition) is 2. The van der Waals surface area contributed by atoms with E-state index in [-0.39, 0.29) is 12.3 Å². The highest BCUT2D eigenvalue weighted by atomic mass is 35.5. The normalized spacial score (nSPS) is 20.3. The number of pyridine rings is 1. The minimum atomic E-state index is -4.48. The van der Waals surface area contributed by atoms with Crippen molar-refractivity contribution in [2.75, 3.05) is 5.32 Å². The highest BCUT2D eigenvalue weighted by Crippen LogP contribution is 2.41. The number of benzene rings is 1. The maximum absolute atomic E-state index is 12.6. The molecule has 1 amide bonds. The van der Waals surface area contributed by atoms with Gasteiger partial charge in [0.05, 0.1) is 5.41 Å². The quantitative estimate of drug-likeness (QED) is 0.890. The lowest BCUT2D eigenvalue weighted by atomic mass is 9.78. The van der Waals surface area contributed by atoms with Crippen molar-refractivity contribution in [2.24, 2.45) is 0 Å². The molecule has 0 fully saturated rings.